The molecule has 0 aliphatic carbocycles. The van der Waals surface area contributed by atoms with Gasteiger partial charge in [0.1, 0.15) is 0 Å². The molecule has 0 unspecified atom stereocenters. The number of carbonyl (C=O) groups is 2. The lowest BCUT2D eigenvalue weighted by Gasteiger charge is -2.14. The van der Waals surface area contributed by atoms with Gasteiger partial charge in [-0.15, -0.1) is 0 Å². The molecule has 2 amide bonds. The lowest BCUT2D eigenvalue weighted by molar-refractivity contribution is -0.117. The second-order valence-electron chi connectivity index (χ2n) is 5.64. The van der Waals surface area contributed by atoms with E-state index in [9.17, 15) is 9.59 Å². The number of nitrogens with one attached hydrogen (secondary N) is 2. The Hall–Kier alpha value is -1.88. The molecule has 1 aromatic rings. The Morgan fingerprint density at radius 3 is 2.43 bits per heavy atom. The first-order chi connectivity index (χ1) is 9.92. The van der Waals surface area contributed by atoms with Crippen molar-refractivity contribution in [2.75, 3.05) is 17.2 Å². The van der Waals surface area contributed by atoms with E-state index in [1.165, 1.54) is 0 Å². The molecule has 1 rings (SSSR count). The van der Waals surface area contributed by atoms with Crippen LogP contribution in [0.1, 0.15) is 38.7 Å². The summed E-state index contributed by atoms with van der Waals surface area (Å²) in [5.74, 6) is 0.148. The van der Waals surface area contributed by atoms with Gasteiger partial charge in [0.25, 0.3) is 0 Å². The van der Waals surface area contributed by atoms with Crippen molar-refractivity contribution in [3.63, 3.8) is 0 Å². The monoisotopic (exact) mass is 291 g/mol. The number of rotatable bonds is 7. The van der Waals surface area contributed by atoms with E-state index in [1.54, 1.807) is 0 Å². The standard InChI is InChI=1S/C16H25N3O2/c1-11(2)9-16(21)18-13-7-6-12(3)10-14(13)19-15(20)5-4-8-17/h6-7,10-11H,4-5,8-9,17H2,1-3H3,(H,18,21)(H,19,20). The molecule has 5 nitrogen and oxygen atoms in total. The van der Waals surface area contributed by atoms with Gasteiger partial charge in [0.2, 0.25) is 11.8 Å². The zero-order valence-corrected chi connectivity index (χ0v) is 13.0. The largest absolute Gasteiger partial charge is 0.330 e. The predicted molar refractivity (Wildman–Crippen MR) is 86.2 cm³/mol. The summed E-state index contributed by atoms with van der Waals surface area (Å²) in [5, 5.41) is 5.69. The fraction of sp³-hybridized carbons (Fsp3) is 0.500. The number of benzene rings is 1. The summed E-state index contributed by atoms with van der Waals surface area (Å²) in [6, 6.07) is 5.57. The quantitative estimate of drug-likeness (QED) is 0.722. The molecule has 0 spiro atoms. The minimum Gasteiger partial charge on any atom is -0.330 e. The maximum Gasteiger partial charge on any atom is 0.224 e. The van der Waals surface area contributed by atoms with Crippen LogP contribution in [0.15, 0.2) is 18.2 Å². The molecule has 0 bridgehead atoms. The second kappa shape index (κ2) is 8.42. The molecule has 116 valence electrons. The van der Waals surface area contributed by atoms with E-state index < -0.39 is 0 Å². The molecule has 0 saturated heterocycles. The molecule has 0 fully saturated rings. The maximum atomic E-state index is 11.9. The summed E-state index contributed by atoms with van der Waals surface area (Å²) in [5.41, 5.74) is 7.68. The Morgan fingerprint density at radius 1 is 1.14 bits per heavy atom. The normalized spacial score (nSPS) is 10.5. The number of hydrogen-bond donors (Lipinski definition) is 3. The first-order valence-corrected chi connectivity index (χ1v) is 7.32. The second-order valence-corrected chi connectivity index (χ2v) is 5.64. The lowest BCUT2D eigenvalue weighted by Crippen LogP contribution is -2.18. The lowest BCUT2D eigenvalue weighted by atomic mass is 10.1. The van der Waals surface area contributed by atoms with Crippen molar-refractivity contribution in [2.45, 2.75) is 40.0 Å². The SMILES string of the molecule is Cc1ccc(NC(=O)CC(C)C)c(NC(=O)CCCN)c1. The summed E-state index contributed by atoms with van der Waals surface area (Å²) >= 11 is 0. The predicted octanol–water partition coefficient (Wildman–Crippen LogP) is 2.66. The molecular formula is C16H25N3O2. The molecule has 0 aliphatic rings. The minimum atomic E-state index is -0.0922. The molecule has 1 aromatic carbocycles. The van der Waals surface area contributed by atoms with Crippen LogP contribution in [0, 0.1) is 12.8 Å². The Labute approximate surface area is 126 Å². The molecule has 0 saturated carbocycles. The average Bonchev–Trinajstić information content (AvgIpc) is 2.38. The average molecular weight is 291 g/mol. The van der Waals surface area contributed by atoms with Crippen molar-refractivity contribution in [1.29, 1.82) is 0 Å². The van der Waals surface area contributed by atoms with Crippen molar-refractivity contribution in [1.82, 2.24) is 0 Å². The van der Waals surface area contributed by atoms with Crippen molar-refractivity contribution >= 4 is 23.2 Å². The zero-order chi connectivity index (χ0) is 15.8. The molecule has 4 N–H and O–H groups in total. The van der Waals surface area contributed by atoms with Crippen molar-refractivity contribution in [2.24, 2.45) is 11.7 Å². The molecular weight excluding hydrogens is 266 g/mol. The van der Waals surface area contributed by atoms with E-state index in [1.807, 2.05) is 39.0 Å². The molecule has 0 radical (unpaired) electrons. The van der Waals surface area contributed by atoms with Crippen LogP contribution in [-0.4, -0.2) is 18.4 Å². The molecule has 0 atom stereocenters. The molecule has 0 aliphatic heterocycles. The number of carbonyl (C=O) groups excluding carboxylic acids is 2. The highest BCUT2D eigenvalue weighted by molar-refractivity contribution is 5.99. The topological polar surface area (TPSA) is 84.2 Å². The smallest absolute Gasteiger partial charge is 0.224 e. The summed E-state index contributed by atoms with van der Waals surface area (Å²) < 4.78 is 0. The van der Waals surface area contributed by atoms with Gasteiger partial charge in [-0.3, -0.25) is 9.59 Å². The maximum absolute atomic E-state index is 11.9. The van der Waals surface area contributed by atoms with Gasteiger partial charge in [0, 0.05) is 12.8 Å². The highest BCUT2D eigenvalue weighted by atomic mass is 16.2. The van der Waals surface area contributed by atoms with Gasteiger partial charge in [-0.2, -0.15) is 0 Å². The van der Waals surface area contributed by atoms with Crippen molar-refractivity contribution in [3.8, 4) is 0 Å². The van der Waals surface area contributed by atoms with Gasteiger partial charge in [0.15, 0.2) is 0 Å². The fourth-order valence-corrected chi connectivity index (χ4v) is 1.92. The third-order valence-electron chi connectivity index (χ3n) is 2.92. The molecule has 21 heavy (non-hydrogen) atoms. The van der Waals surface area contributed by atoms with Crippen LogP contribution in [0.5, 0.6) is 0 Å². The highest BCUT2D eigenvalue weighted by Crippen LogP contribution is 2.24. The van der Waals surface area contributed by atoms with Crippen LogP contribution < -0.4 is 16.4 Å². The van der Waals surface area contributed by atoms with E-state index in [0.717, 1.165) is 5.56 Å². The van der Waals surface area contributed by atoms with E-state index >= 15 is 0 Å². The summed E-state index contributed by atoms with van der Waals surface area (Å²) in [6.45, 7) is 6.41. The van der Waals surface area contributed by atoms with E-state index in [-0.39, 0.29) is 17.7 Å². The molecule has 0 heterocycles. The fourth-order valence-electron chi connectivity index (χ4n) is 1.92. The van der Waals surface area contributed by atoms with Crippen molar-refractivity contribution in [3.05, 3.63) is 23.8 Å². The zero-order valence-electron chi connectivity index (χ0n) is 13.0. The number of anilines is 2. The van der Waals surface area contributed by atoms with Crippen molar-refractivity contribution < 1.29 is 9.59 Å². The third-order valence-corrected chi connectivity index (χ3v) is 2.92. The molecule has 0 aromatic heterocycles. The Kier molecular flexibility index (Phi) is 6.88. The summed E-state index contributed by atoms with van der Waals surface area (Å²) in [6.07, 6.45) is 1.48. The van der Waals surface area contributed by atoms with E-state index in [4.69, 9.17) is 5.73 Å². The van der Waals surface area contributed by atoms with E-state index in [0.29, 0.717) is 37.2 Å². The van der Waals surface area contributed by atoms with Gasteiger partial charge < -0.3 is 16.4 Å². The van der Waals surface area contributed by atoms with Gasteiger partial charge >= 0.3 is 0 Å². The van der Waals surface area contributed by atoms with Crippen LogP contribution >= 0.6 is 0 Å². The van der Waals surface area contributed by atoms with Gasteiger partial charge in [-0.25, -0.2) is 0 Å². The number of amides is 2. The number of hydrogen-bond acceptors (Lipinski definition) is 3. The first kappa shape index (κ1) is 17.2. The van der Waals surface area contributed by atoms with Crippen LogP contribution in [0.4, 0.5) is 11.4 Å². The van der Waals surface area contributed by atoms with Gasteiger partial charge in [0.05, 0.1) is 11.4 Å². The van der Waals surface area contributed by atoms with Gasteiger partial charge in [-0.05, 0) is 43.5 Å². The van der Waals surface area contributed by atoms with Crippen LogP contribution in [-0.2, 0) is 9.59 Å². The van der Waals surface area contributed by atoms with Crippen LogP contribution in [0.3, 0.4) is 0 Å². The summed E-state index contributed by atoms with van der Waals surface area (Å²) in [7, 11) is 0. The summed E-state index contributed by atoms with van der Waals surface area (Å²) in [4.78, 5) is 23.7. The van der Waals surface area contributed by atoms with Crippen LogP contribution in [0.2, 0.25) is 0 Å². The number of nitrogens with two attached hydrogens (primary N) is 1. The third kappa shape index (κ3) is 6.40. The molecule has 5 heteroatoms. The minimum absolute atomic E-state index is 0.0497. The Morgan fingerprint density at radius 2 is 1.81 bits per heavy atom. The Balaban J connectivity index is 2.79. The first-order valence-electron chi connectivity index (χ1n) is 7.32. The Bertz CT molecular complexity index is 498. The van der Waals surface area contributed by atoms with Crippen LogP contribution in [0.25, 0.3) is 0 Å². The van der Waals surface area contributed by atoms with Gasteiger partial charge in [-0.1, -0.05) is 19.9 Å². The number of aryl methyl sites for hydroxylation is 1. The highest BCUT2D eigenvalue weighted by Gasteiger charge is 2.11. The van der Waals surface area contributed by atoms with E-state index in [2.05, 4.69) is 10.6 Å².